The maximum Gasteiger partial charge on any atom is 0.407 e. The van der Waals surface area contributed by atoms with Crippen molar-refractivity contribution in [3.63, 3.8) is 0 Å². The zero-order valence-corrected chi connectivity index (χ0v) is 31.3. The summed E-state index contributed by atoms with van der Waals surface area (Å²) in [7, 11) is -6.25. The number of benzene rings is 2. The highest BCUT2D eigenvalue weighted by atomic mass is 32.2. The van der Waals surface area contributed by atoms with Crippen molar-refractivity contribution in [3.8, 4) is 22.9 Å². The van der Waals surface area contributed by atoms with Crippen molar-refractivity contribution >= 4 is 30.3 Å². The molecule has 0 unspecified atom stereocenters. The van der Waals surface area contributed by atoms with Gasteiger partial charge in [-0.05, 0) is 85.1 Å². The highest BCUT2D eigenvalue weighted by Gasteiger charge is 2.40. The lowest BCUT2D eigenvalue weighted by Crippen LogP contribution is -2.43. The minimum Gasteiger partial charge on any atom is -0.490 e. The number of ether oxygens (including phenoxy) is 2. The molecule has 1 aromatic heterocycles. The summed E-state index contributed by atoms with van der Waals surface area (Å²) in [6.07, 6.45) is 7.87. The predicted octanol–water partition coefficient (Wildman–Crippen LogP) is 7.08. The molecule has 50 heavy (non-hydrogen) atoms. The molecular weight excluding hydrogens is 673 g/mol. The fraction of sp³-hybridized carbons (Fsp3) is 0.459. The standard InChI is InChI=1S/C37H48N4O7SSi/c1-37(2,3)50(4,5)48-34(30-10-9-21-39-25-30)26-46-36(43)40-22-19-27-13-15-28(16-14-27)29-17-18-32(35(42)41-49(44,45)23-20-38)33(24-29)47-31-11-7-6-8-12-31/h9-10,13-18,21,24-25,31,34H,6-8,11-12,19,22-23,26H2,1-5H3,(H,40,43)(H,41,42)/t34-/m0/s1. The third kappa shape index (κ3) is 11.1. The Balaban J connectivity index is 1.37. The van der Waals surface area contributed by atoms with Crippen LogP contribution in [0.25, 0.3) is 11.1 Å². The number of amides is 2. The molecule has 0 saturated heterocycles. The van der Waals surface area contributed by atoms with Gasteiger partial charge in [-0.3, -0.25) is 9.78 Å². The zero-order valence-electron chi connectivity index (χ0n) is 29.5. The van der Waals surface area contributed by atoms with Gasteiger partial charge in [0.2, 0.25) is 10.0 Å². The number of aromatic nitrogens is 1. The summed E-state index contributed by atoms with van der Waals surface area (Å²) in [6, 6.07) is 18.2. The molecule has 13 heteroatoms. The van der Waals surface area contributed by atoms with Gasteiger partial charge in [-0.15, -0.1) is 0 Å². The molecule has 2 N–H and O–H groups in total. The number of nitrogens with one attached hydrogen (secondary N) is 2. The Morgan fingerprint density at radius 3 is 2.38 bits per heavy atom. The van der Waals surface area contributed by atoms with Gasteiger partial charge in [-0.25, -0.2) is 17.9 Å². The zero-order chi connectivity index (χ0) is 36.4. The summed E-state index contributed by atoms with van der Waals surface area (Å²) in [5.74, 6) is -1.36. The lowest BCUT2D eigenvalue weighted by Gasteiger charge is -2.39. The first-order valence-electron chi connectivity index (χ1n) is 17.0. The smallest absolute Gasteiger partial charge is 0.407 e. The van der Waals surface area contributed by atoms with Crippen molar-refractivity contribution in [3.05, 3.63) is 83.7 Å². The molecule has 1 atom stereocenters. The molecule has 1 heterocycles. The van der Waals surface area contributed by atoms with Crippen LogP contribution in [0, 0.1) is 11.3 Å². The SMILES string of the molecule is CC(C)(C)[Si](C)(C)O[C@@H](COC(=O)NCCc1ccc(-c2ccc(C(=O)NS(=O)(=O)CC#N)c(OC3CCCCC3)c2)cc1)c1cccnc1. The van der Waals surface area contributed by atoms with Gasteiger partial charge in [0.1, 0.15) is 18.5 Å². The minimum absolute atomic E-state index is 0.0133. The summed E-state index contributed by atoms with van der Waals surface area (Å²) in [5.41, 5.74) is 3.62. The average Bonchev–Trinajstić information content (AvgIpc) is 3.07. The van der Waals surface area contributed by atoms with E-state index < -0.39 is 42.2 Å². The van der Waals surface area contributed by atoms with Crippen molar-refractivity contribution in [2.75, 3.05) is 18.9 Å². The third-order valence-corrected chi connectivity index (χ3v) is 14.7. The van der Waals surface area contributed by atoms with Crippen LogP contribution in [0.4, 0.5) is 4.79 Å². The Morgan fingerprint density at radius 2 is 1.74 bits per heavy atom. The van der Waals surface area contributed by atoms with Crippen molar-refractivity contribution in [2.24, 2.45) is 0 Å². The van der Waals surface area contributed by atoms with Gasteiger partial charge in [0, 0.05) is 24.5 Å². The molecule has 1 aliphatic rings. The number of pyridine rings is 1. The number of nitriles is 1. The van der Waals surface area contributed by atoms with Gasteiger partial charge >= 0.3 is 6.09 Å². The van der Waals surface area contributed by atoms with E-state index in [9.17, 15) is 18.0 Å². The number of nitrogens with zero attached hydrogens (tertiary/aromatic N) is 2. The number of hydrogen-bond acceptors (Lipinski definition) is 9. The van der Waals surface area contributed by atoms with E-state index in [-0.39, 0.29) is 23.3 Å². The molecule has 4 rings (SSSR count). The van der Waals surface area contributed by atoms with E-state index in [4.69, 9.17) is 19.2 Å². The van der Waals surface area contributed by atoms with E-state index in [1.807, 2.05) is 41.1 Å². The highest BCUT2D eigenvalue weighted by Crippen LogP contribution is 2.40. The van der Waals surface area contributed by atoms with E-state index in [2.05, 4.69) is 44.2 Å². The van der Waals surface area contributed by atoms with Crippen LogP contribution in [0.1, 0.15) is 80.5 Å². The number of carbonyl (C=O) groups excluding carboxylic acids is 2. The molecule has 0 aliphatic heterocycles. The topological polar surface area (TPSA) is 157 Å². The first-order valence-corrected chi connectivity index (χ1v) is 21.5. The fourth-order valence-corrected chi connectivity index (χ4v) is 7.24. The Kier molecular flexibility index (Phi) is 13.2. The summed E-state index contributed by atoms with van der Waals surface area (Å²) in [5, 5.41) is 11.6. The van der Waals surface area contributed by atoms with Gasteiger partial charge in [-0.2, -0.15) is 5.26 Å². The van der Waals surface area contributed by atoms with Crippen molar-refractivity contribution in [1.82, 2.24) is 15.0 Å². The molecule has 1 aliphatic carbocycles. The summed E-state index contributed by atoms with van der Waals surface area (Å²) in [4.78, 5) is 29.8. The van der Waals surface area contributed by atoms with Gasteiger partial charge in [0.05, 0.1) is 17.7 Å². The van der Waals surface area contributed by atoms with Crippen LogP contribution in [-0.4, -0.2) is 58.7 Å². The number of alkyl carbamates (subject to hydrolysis) is 1. The van der Waals surface area contributed by atoms with Crippen LogP contribution < -0.4 is 14.8 Å². The van der Waals surface area contributed by atoms with Crippen LogP contribution in [0.3, 0.4) is 0 Å². The lowest BCUT2D eigenvalue weighted by molar-refractivity contribution is 0.0739. The van der Waals surface area contributed by atoms with Gasteiger partial charge < -0.3 is 19.2 Å². The summed E-state index contributed by atoms with van der Waals surface area (Å²) in [6.45, 7) is 11.3. The molecule has 2 amide bonds. The highest BCUT2D eigenvalue weighted by molar-refractivity contribution is 7.90. The Labute approximate surface area is 296 Å². The normalized spacial score (nSPS) is 14.6. The first-order chi connectivity index (χ1) is 23.7. The molecule has 2 aromatic carbocycles. The second-order valence-corrected chi connectivity index (χ2v) is 20.5. The number of sulfonamides is 1. The summed E-state index contributed by atoms with van der Waals surface area (Å²) < 4.78 is 44.6. The quantitative estimate of drug-likeness (QED) is 0.166. The monoisotopic (exact) mass is 720 g/mol. The second-order valence-electron chi connectivity index (χ2n) is 14.1. The van der Waals surface area contributed by atoms with E-state index in [0.717, 1.165) is 54.4 Å². The predicted molar refractivity (Wildman–Crippen MR) is 195 cm³/mol. The number of carbonyl (C=O) groups is 2. The van der Waals surface area contributed by atoms with Crippen LogP contribution in [0.2, 0.25) is 18.1 Å². The van der Waals surface area contributed by atoms with Crippen LogP contribution >= 0.6 is 0 Å². The molecule has 1 fully saturated rings. The maximum atomic E-state index is 12.9. The van der Waals surface area contributed by atoms with E-state index in [1.165, 1.54) is 0 Å². The van der Waals surface area contributed by atoms with E-state index >= 15 is 0 Å². The third-order valence-electron chi connectivity index (χ3n) is 9.21. The second kappa shape index (κ2) is 17.1. The van der Waals surface area contributed by atoms with E-state index in [1.54, 1.807) is 36.7 Å². The molecule has 268 valence electrons. The molecule has 3 aromatic rings. The average molecular weight is 721 g/mol. The molecule has 0 spiro atoms. The molecule has 0 bridgehead atoms. The largest absolute Gasteiger partial charge is 0.490 e. The van der Waals surface area contributed by atoms with E-state index in [0.29, 0.717) is 18.7 Å². The summed E-state index contributed by atoms with van der Waals surface area (Å²) >= 11 is 0. The van der Waals surface area contributed by atoms with Gasteiger partial charge in [0.25, 0.3) is 5.91 Å². The fourth-order valence-electron chi connectivity index (χ4n) is 5.34. The van der Waals surface area contributed by atoms with Gasteiger partial charge in [0.15, 0.2) is 14.1 Å². The number of hydrogen-bond donors (Lipinski definition) is 2. The molecule has 11 nitrogen and oxygen atoms in total. The molecular formula is C37H48N4O7SSi. The van der Waals surface area contributed by atoms with Crippen molar-refractivity contribution < 1.29 is 31.9 Å². The molecule has 1 saturated carbocycles. The van der Waals surface area contributed by atoms with Gasteiger partial charge in [-0.1, -0.05) is 63.6 Å². The Hall–Kier alpha value is -4.25. The Morgan fingerprint density at radius 1 is 1.04 bits per heavy atom. The van der Waals surface area contributed by atoms with Crippen molar-refractivity contribution in [1.29, 1.82) is 5.26 Å². The van der Waals surface area contributed by atoms with Crippen molar-refractivity contribution in [2.45, 2.75) is 89.6 Å². The lowest BCUT2D eigenvalue weighted by atomic mass is 9.97. The van der Waals surface area contributed by atoms with Crippen LogP contribution in [0.15, 0.2) is 67.0 Å². The maximum absolute atomic E-state index is 12.9. The van der Waals surface area contributed by atoms with Crippen LogP contribution in [0.5, 0.6) is 5.75 Å². The number of rotatable bonds is 14. The molecule has 0 radical (unpaired) electrons. The first kappa shape index (κ1) is 38.5. The van der Waals surface area contributed by atoms with Crippen LogP contribution in [-0.2, 0) is 25.6 Å². The Bertz CT molecular complexity index is 1750. The minimum atomic E-state index is -4.10.